The van der Waals surface area contributed by atoms with Crippen molar-refractivity contribution < 1.29 is 9.47 Å². The van der Waals surface area contributed by atoms with Gasteiger partial charge >= 0.3 is 0 Å². The van der Waals surface area contributed by atoms with Gasteiger partial charge in [0.15, 0.2) is 5.96 Å². The third kappa shape index (κ3) is 5.39. The number of nitrogens with one attached hydrogen (secondary N) is 1. The number of guanidine groups is 1. The predicted molar refractivity (Wildman–Crippen MR) is 103 cm³/mol. The van der Waals surface area contributed by atoms with Crippen LogP contribution in [0.4, 0.5) is 0 Å². The van der Waals surface area contributed by atoms with Crippen LogP contribution in [0.15, 0.2) is 35.8 Å². The van der Waals surface area contributed by atoms with Crippen molar-refractivity contribution in [3.05, 3.63) is 36.4 Å². The third-order valence-electron chi connectivity index (χ3n) is 4.26. The van der Waals surface area contributed by atoms with Crippen molar-refractivity contribution >= 4 is 5.96 Å². The van der Waals surface area contributed by atoms with Crippen LogP contribution in [0.25, 0.3) is 0 Å². The van der Waals surface area contributed by atoms with E-state index in [9.17, 15) is 0 Å². The number of hydrogen-bond acceptors (Lipinski definition) is 4. The molecule has 25 heavy (non-hydrogen) atoms. The zero-order chi connectivity index (χ0) is 18.1. The van der Waals surface area contributed by atoms with Crippen LogP contribution >= 0.6 is 0 Å². The standard InChI is InChI=1S/C19H30N4O2/c1-5-9-21-19(20-6-2)23-12-10-22(11-13-23)15-16-14-17(24-3)7-8-18(16)25-4/h5,7-8,14H,1,6,9-13,15H2,2-4H3,(H,20,21). The van der Waals surface area contributed by atoms with Gasteiger partial charge in [0.1, 0.15) is 11.5 Å². The SMILES string of the molecule is C=CCN=C(NCC)N1CCN(Cc2cc(OC)ccc2OC)CC1. The van der Waals surface area contributed by atoms with Crippen molar-refractivity contribution in [2.24, 2.45) is 4.99 Å². The van der Waals surface area contributed by atoms with Crippen LogP contribution in [0.2, 0.25) is 0 Å². The minimum Gasteiger partial charge on any atom is -0.497 e. The number of aliphatic imine (C=N–C) groups is 1. The van der Waals surface area contributed by atoms with E-state index >= 15 is 0 Å². The molecule has 0 aromatic heterocycles. The molecule has 1 aliphatic rings. The second-order valence-electron chi connectivity index (χ2n) is 5.92. The Morgan fingerprint density at radius 2 is 2.00 bits per heavy atom. The van der Waals surface area contributed by atoms with Gasteiger partial charge in [0.25, 0.3) is 0 Å². The van der Waals surface area contributed by atoms with Crippen LogP contribution in [0.3, 0.4) is 0 Å². The Hall–Kier alpha value is -2.21. The van der Waals surface area contributed by atoms with Gasteiger partial charge in [0, 0.05) is 44.8 Å². The number of piperazine rings is 1. The quantitative estimate of drug-likeness (QED) is 0.465. The maximum Gasteiger partial charge on any atom is 0.194 e. The van der Waals surface area contributed by atoms with E-state index in [-0.39, 0.29) is 0 Å². The molecule has 0 bridgehead atoms. The summed E-state index contributed by atoms with van der Waals surface area (Å²) in [7, 11) is 3.40. The topological polar surface area (TPSA) is 49.3 Å². The van der Waals surface area contributed by atoms with E-state index in [1.54, 1.807) is 14.2 Å². The summed E-state index contributed by atoms with van der Waals surface area (Å²) in [4.78, 5) is 9.32. The minimum absolute atomic E-state index is 0.642. The molecule has 1 aliphatic heterocycles. The van der Waals surface area contributed by atoms with Crippen LogP contribution in [0.5, 0.6) is 11.5 Å². The van der Waals surface area contributed by atoms with Gasteiger partial charge in [-0.05, 0) is 25.1 Å². The molecule has 6 heteroatoms. The van der Waals surface area contributed by atoms with Gasteiger partial charge in [-0.1, -0.05) is 6.08 Å². The molecule has 0 atom stereocenters. The first-order valence-electron chi connectivity index (χ1n) is 8.79. The minimum atomic E-state index is 0.642. The molecule has 1 aromatic rings. The molecule has 6 nitrogen and oxygen atoms in total. The highest BCUT2D eigenvalue weighted by atomic mass is 16.5. The zero-order valence-electron chi connectivity index (χ0n) is 15.6. The van der Waals surface area contributed by atoms with E-state index in [1.165, 1.54) is 0 Å². The Bertz CT molecular complexity index is 581. The van der Waals surface area contributed by atoms with Gasteiger partial charge in [-0.25, -0.2) is 4.99 Å². The van der Waals surface area contributed by atoms with Crippen molar-refractivity contribution in [2.45, 2.75) is 13.5 Å². The summed E-state index contributed by atoms with van der Waals surface area (Å²) in [5.74, 6) is 2.74. The molecule has 2 rings (SSSR count). The highest BCUT2D eigenvalue weighted by Crippen LogP contribution is 2.25. The lowest BCUT2D eigenvalue weighted by Crippen LogP contribution is -2.52. The zero-order valence-corrected chi connectivity index (χ0v) is 15.6. The largest absolute Gasteiger partial charge is 0.497 e. The molecule has 1 heterocycles. The Morgan fingerprint density at radius 1 is 1.24 bits per heavy atom. The highest BCUT2D eigenvalue weighted by Gasteiger charge is 2.20. The fourth-order valence-electron chi connectivity index (χ4n) is 2.94. The van der Waals surface area contributed by atoms with E-state index in [2.05, 4.69) is 39.7 Å². The van der Waals surface area contributed by atoms with Crippen molar-refractivity contribution in [1.82, 2.24) is 15.1 Å². The van der Waals surface area contributed by atoms with Gasteiger partial charge < -0.3 is 19.7 Å². The second-order valence-corrected chi connectivity index (χ2v) is 5.92. The number of nitrogens with zero attached hydrogens (tertiary/aromatic N) is 3. The van der Waals surface area contributed by atoms with Crippen molar-refractivity contribution in [1.29, 1.82) is 0 Å². The summed E-state index contributed by atoms with van der Waals surface area (Å²) < 4.78 is 10.8. The molecule has 1 fully saturated rings. The molecule has 1 aromatic carbocycles. The van der Waals surface area contributed by atoms with E-state index < -0.39 is 0 Å². The summed E-state index contributed by atoms with van der Waals surface area (Å²) in [5, 5.41) is 3.36. The molecule has 0 aliphatic carbocycles. The smallest absolute Gasteiger partial charge is 0.194 e. The third-order valence-corrected chi connectivity index (χ3v) is 4.26. The molecular weight excluding hydrogens is 316 g/mol. The summed E-state index contributed by atoms with van der Waals surface area (Å²) in [6.45, 7) is 12.1. The number of rotatable bonds is 7. The van der Waals surface area contributed by atoms with Crippen LogP contribution < -0.4 is 14.8 Å². The summed E-state index contributed by atoms with van der Waals surface area (Å²) in [5.41, 5.74) is 1.16. The Morgan fingerprint density at radius 3 is 2.60 bits per heavy atom. The van der Waals surface area contributed by atoms with Gasteiger partial charge in [0.2, 0.25) is 0 Å². The van der Waals surface area contributed by atoms with Gasteiger partial charge in [-0.3, -0.25) is 4.90 Å². The van der Waals surface area contributed by atoms with Gasteiger partial charge in [-0.15, -0.1) is 6.58 Å². The first kappa shape index (κ1) is 19.1. The Kier molecular flexibility index (Phi) is 7.60. The molecule has 1 N–H and O–H groups in total. The maximum absolute atomic E-state index is 5.49. The predicted octanol–water partition coefficient (Wildman–Crippen LogP) is 1.97. The summed E-state index contributed by atoms with van der Waals surface area (Å²) >= 11 is 0. The van der Waals surface area contributed by atoms with Crippen molar-refractivity contribution in [3.8, 4) is 11.5 Å². The highest BCUT2D eigenvalue weighted by molar-refractivity contribution is 5.80. The molecular formula is C19H30N4O2. The van der Waals surface area contributed by atoms with Gasteiger partial charge in [-0.2, -0.15) is 0 Å². The number of methoxy groups -OCH3 is 2. The molecule has 1 saturated heterocycles. The number of benzene rings is 1. The molecule has 0 unspecified atom stereocenters. The fourth-order valence-corrected chi connectivity index (χ4v) is 2.94. The van der Waals surface area contributed by atoms with Crippen molar-refractivity contribution in [3.63, 3.8) is 0 Å². The van der Waals surface area contributed by atoms with Crippen LogP contribution in [-0.4, -0.2) is 69.2 Å². The first-order chi connectivity index (χ1) is 12.2. The first-order valence-corrected chi connectivity index (χ1v) is 8.79. The van der Waals surface area contributed by atoms with Crippen molar-refractivity contribution in [2.75, 3.05) is 53.5 Å². The normalized spacial score (nSPS) is 15.8. The Labute approximate surface area is 151 Å². The van der Waals surface area contributed by atoms with Crippen LogP contribution in [0, 0.1) is 0 Å². The lowest BCUT2D eigenvalue weighted by Gasteiger charge is -2.36. The average Bonchev–Trinajstić information content (AvgIpc) is 2.65. The fraction of sp³-hybridized carbons (Fsp3) is 0.526. The summed E-state index contributed by atoms with van der Waals surface area (Å²) in [6, 6.07) is 5.95. The van der Waals surface area contributed by atoms with Gasteiger partial charge in [0.05, 0.1) is 20.8 Å². The lowest BCUT2D eigenvalue weighted by molar-refractivity contribution is 0.171. The van der Waals surface area contributed by atoms with Crippen LogP contribution in [0.1, 0.15) is 12.5 Å². The van der Waals surface area contributed by atoms with Crippen LogP contribution in [-0.2, 0) is 6.54 Å². The monoisotopic (exact) mass is 346 g/mol. The van der Waals surface area contributed by atoms with E-state index in [0.29, 0.717) is 6.54 Å². The number of ether oxygens (including phenoxy) is 2. The molecule has 0 radical (unpaired) electrons. The average molecular weight is 346 g/mol. The van der Waals surface area contributed by atoms with E-state index in [1.807, 2.05) is 18.2 Å². The second kappa shape index (κ2) is 9.93. The molecule has 0 amide bonds. The Balaban J connectivity index is 1.97. The molecule has 0 spiro atoms. The molecule has 138 valence electrons. The van der Waals surface area contributed by atoms with E-state index in [4.69, 9.17) is 9.47 Å². The summed E-state index contributed by atoms with van der Waals surface area (Å²) in [6.07, 6.45) is 1.82. The molecule has 0 saturated carbocycles. The van der Waals surface area contributed by atoms with E-state index in [0.717, 1.165) is 62.3 Å². The number of hydrogen-bond donors (Lipinski definition) is 1. The maximum atomic E-state index is 5.49. The lowest BCUT2D eigenvalue weighted by atomic mass is 10.1.